The third kappa shape index (κ3) is 11.1. The Bertz CT molecular complexity index is 818. The molecule has 3 N–H and O–H groups in total. The lowest BCUT2D eigenvalue weighted by Gasteiger charge is -2.12. The van der Waals surface area contributed by atoms with Gasteiger partial charge in [-0.05, 0) is 24.6 Å². The van der Waals surface area contributed by atoms with E-state index in [0.29, 0.717) is 25.7 Å². The monoisotopic (exact) mass is 532 g/mol. The minimum Gasteiger partial charge on any atom is -0.492 e. The second-order valence-corrected chi connectivity index (χ2v) is 7.90. The number of ether oxygens (including phenoxy) is 1. The van der Waals surface area contributed by atoms with E-state index in [1.807, 2.05) is 67.6 Å². The van der Waals surface area contributed by atoms with Crippen molar-refractivity contribution in [1.29, 1.82) is 0 Å². The molecule has 0 bridgehead atoms. The van der Waals surface area contributed by atoms with Crippen molar-refractivity contribution in [3.8, 4) is 5.75 Å². The molecule has 160 valence electrons. The minimum absolute atomic E-state index is 0. The molecular weight excluding hydrogens is 503 g/mol. The molecule has 2 rings (SSSR count). The smallest absolute Gasteiger partial charge is 0.213 e. The van der Waals surface area contributed by atoms with E-state index in [9.17, 15) is 8.42 Å². The average Bonchev–Trinajstić information content (AvgIpc) is 2.71. The predicted octanol–water partition coefficient (Wildman–Crippen LogP) is 2.36. The van der Waals surface area contributed by atoms with E-state index < -0.39 is 10.0 Å². The molecule has 7 nitrogen and oxygen atoms in total. The van der Waals surface area contributed by atoms with Crippen LogP contribution in [0.5, 0.6) is 5.75 Å². The summed E-state index contributed by atoms with van der Waals surface area (Å²) in [6.07, 6.45) is 0. The summed E-state index contributed by atoms with van der Waals surface area (Å²) in [5.41, 5.74) is 0.919. The summed E-state index contributed by atoms with van der Waals surface area (Å²) < 4.78 is 32.4. The molecular formula is C20H29IN4O3S. The van der Waals surface area contributed by atoms with Gasteiger partial charge in [0, 0.05) is 13.1 Å². The molecule has 2 aromatic rings. The van der Waals surface area contributed by atoms with Gasteiger partial charge in [-0.3, -0.25) is 4.99 Å². The third-order valence-corrected chi connectivity index (χ3v) is 5.02. The molecule has 0 saturated carbocycles. The number of hydrogen-bond acceptors (Lipinski definition) is 4. The van der Waals surface area contributed by atoms with E-state index >= 15 is 0 Å². The quantitative estimate of drug-likeness (QED) is 0.179. The van der Waals surface area contributed by atoms with Crippen LogP contribution in [-0.2, 0) is 16.6 Å². The molecule has 0 unspecified atom stereocenters. The Labute approximate surface area is 190 Å². The first-order valence-electron chi connectivity index (χ1n) is 9.30. The van der Waals surface area contributed by atoms with Crippen LogP contribution in [0.25, 0.3) is 0 Å². The summed E-state index contributed by atoms with van der Waals surface area (Å²) in [4.78, 5) is 4.32. The fourth-order valence-electron chi connectivity index (χ4n) is 2.34. The number of rotatable bonds is 11. The normalized spacial score (nSPS) is 11.4. The lowest BCUT2D eigenvalue weighted by Crippen LogP contribution is -2.39. The molecule has 0 saturated heterocycles. The van der Waals surface area contributed by atoms with Gasteiger partial charge >= 0.3 is 0 Å². The number of nitrogens with zero attached hydrogens (tertiary/aromatic N) is 1. The van der Waals surface area contributed by atoms with Gasteiger partial charge in [-0.25, -0.2) is 13.1 Å². The Morgan fingerprint density at radius 1 is 1.00 bits per heavy atom. The highest BCUT2D eigenvalue weighted by molar-refractivity contribution is 14.0. The van der Waals surface area contributed by atoms with Crippen molar-refractivity contribution < 1.29 is 13.2 Å². The largest absolute Gasteiger partial charge is 0.492 e. The van der Waals surface area contributed by atoms with Crippen molar-refractivity contribution in [2.24, 2.45) is 4.99 Å². The number of nitrogens with one attached hydrogen (secondary N) is 3. The summed E-state index contributed by atoms with van der Waals surface area (Å²) >= 11 is 0. The van der Waals surface area contributed by atoms with Crippen LogP contribution in [0.1, 0.15) is 12.5 Å². The molecule has 0 aliphatic rings. The zero-order valence-electron chi connectivity index (χ0n) is 16.5. The highest BCUT2D eigenvalue weighted by atomic mass is 127. The van der Waals surface area contributed by atoms with E-state index in [2.05, 4.69) is 20.3 Å². The summed E-state index contributed by atoms with van der Waals surface area (Å²) in [5, 5.41) is 6.23. The molecule has 2 aromatic carbocycles. The average molecular weight is 532 g/mol. The van der Waals surface area contributed by atoms with Gasteiger partial charge < -0.3 is 15.4 Å². The fourth-order valence-corrected chi connectivity index (χ4v) is 3.20. The maximum atomic E-state index is 12.1. The van der Waals surface area contributed by atoms with Crippen LogP contribution in [0.3, 0.4) is 0 Å². The molecule has 0 amide bonds. The van der Waals surface area contributed by atoms with Gasteiger partial charge in [-0.15, -0.1) is 24.0 Å². The van der Waals surface area contributed by atoms with Gasteiger partial charge in [0.1, 0.15) is 12.4 Å². The van der Waals surface area contributed by atoms with E-state index in [1.165, 1.54) is 0 Å². The SMILES string of the molecule is CCNC(=NCCS(=O)(=O)NCc1ccccc1)NCCOc1ccccc1.I. The second-order valence-electron chi connectivity index (χ2n) is 5.97. The van der Waals surface area contributed by atoms with E-state index in [-0.39, 0.29) is 42.8 Å². The number of guanidine groups is 1. The van der Waals surface area contributed by atoms with Gasteiger partial charge in [0.05, 0.1) is 18.8 Å². The van der Waals surface area contributed by atoms with Gasteiger partial charge in [-0.1, -0.05) is 48.5 Å². The fraction of sp³-hybridized carbons (Fsp3) is 0.350. The Morgan fingerprint density at radius 3 is 2.31 bits per heavy atom. The topological polar surface area (TPSA) is 91.8 Å². The van der Waals surface area contributed by atoms with E-state index in [1.54, 1.807) is 0 Å². The van der Waals surface area contributed by atoms with Crippen LogP contribution in [0.4, 0.5) is 0 Å². The lowest BCUT2D eigenvalue weighted by atomic mass is 10.2. The van der Waals surface area contributed by atoms with Gasteiger partial charge in [-0.2, -0.15) is 0 Å². The highest BCUT2D eigenvalue weighted by Crippen LogP contribution is 2.07. The van der Waals surface area contributed by atoms with Crippen LogP contribution >= 0.6 is 24.0 Å². The number of benzene rings is 2. The molecule has 0 fully saturated rings. The van der Waals surface area contributed by atoms with Crippen LogP contribution in [-0.4, -0.2) is 46.4 Å². The molecule has 9 heteroatoms. The predicted molar refractivity (Wildman–Crippen MR) is 128 cm³/mol. The van der Waals surface area contributed by atoms with Crippen molar-refractivity contribution in [3.05, 3.63) is 66.2 Å². The van der Waals surface area contributed by atoms with Gasteiger partial charge in [0.2, 0.25) is 10.0 Å². The molecule has 0 heterocycles. The number of aliphatic imine (C=N–C) groups is 1. The van der Waals surface area contributed by atoms with Gasteiger partial charge in [0.25, 0.3) is 0 Å². The van der Waals surface area contributed by atoms with E-state index in [4.69, 9.17) is 4.74 Å². The molecule has 0 aliphatic carbocycles. The first-order chi connectivity index (χ1) is 13.6. The number of para-hydroxylation sites is 1. The molecule has 0 atom stereocenters. The Kier molecular flexibility index (Phi) is 12.3. The zero-order chi connectivity index (χ0) is 20.1. The van der Waals surface area contributed by atoms with Crippen molar-refractivity contribution in [1.82, 2.24) is 15.4 Å². The Hall–Kier alpha value is -1.85. The summed E-state index contributed by atoms with van der Waals surface area (Å²) in [7, 11) is -3.39. The standard InChI is InChI=1S/C20H28N4O3S.HI/c1-2-21-20(22-13-15-27-19-11-7-4-8-12-19)23-14-16-28(25,26)24-17-18-9-5-3-6-10-18;/h3-12,24H,2,13-17H2,1H3,(H2,21,22,23);1H. The maximum absolute atomic E-state index is 12.1. The lowest BCUT2D eigenvalue weighted by molar-refractivity contribution is 0.322. The molecule has 29 heavy (non-hydrogen) atoms. The van der Waals surface area contributed by atoms with Crippen LogP contribution in [0.15, 0.2) is 65.7 Å². The molecule has 0 spiro atoms. The van der Waals surface area contributed by atoms with Crippen LogP contribution in [0, 0.1) is 0 Å². The Morgan fingerprint density at radius 2 is 1.66 bits per heavy atom. The summed E-state index contributed by atoms with van der Waals surface area (Å²) in [5.74, 6) is 1.30. The number of sulfonamides is 1. The number of halogens is 1. The van der Waals surface area contributed by atoms with E-state index in [0.717, 1.165) is 11.3 Å². The number of hydrogen-bond donors (Lipinski definition) is 3. The molecule has 0 radical (unpaired) electrons. The third-order valence-electron chi connectivity index (χ3n) is 3.72. The summed E-state index contributed by atoms with van der Waals surface area (Å²) in [6.45, 7) is 4.12. The van der Waals surface area contributed by atoms with Crippen LogP contribution < -0.4 is 20.1 Å². The summed E-state index contributed by atoms with van der Waals surface area (Å²) in [6, 6.07) is 19.0. The van der Waals surface area contributed by atoms with Crippen LogP contribution in [0.2, 0.25) is 0 Å². The maximum Gasteiger partial charge on any atom is 0.213 e. The minimum atomic E-state index is -3.39. The second kappa shape index (κ2) is 14.2. The first kappa shape index (κ1) is 25.2. The molecule has 0 aliphatic heterocycles. The highest BCUT2D eigenvalue weighted by Gasteiger charge is 2.09. The first-order valence-corrected chi connectivity index (χ1v) is 11.0. The van der Waals surface area contributed by atoms with Crippen molar-refractivity contribution in [3.63, 3.8) is 0 Å². The van der Waals surface area contributed by atoms with Crippen molar-refractivity contribution >= 4 is 40.0 Å². The Balaban J connectivity index is 0.00000420. The van der Waals surface area contributed by atoms with Crippen molar-refractivity contribution in [2.45, 2.75) is 13.5 Å². The van der Waals surface area contributed by atoms with Gasteiger partial charge in [0.15, 0.2) is 5.96 Å². The molecule has 0 aromatic heterocycles. The van der Waals surface area contributed by atoms with Crippen molar-refractivity contribution in [2.75, 3.05) is 32.0 Å². The zero-order valence-corrected chi connectivity index (χ0v) is 19.7.